The van der Waals surface area contributed by atoms with E-state index in [9.17, 15) is 18.0 Å². The fraction of sp³-hybridized carbons (Fsp3) is 0.190. The number of carbonyl (C=O) groups is 2. The van der Waals surface area contributed by atoms with E-state index in [1.54, 1.807) is 42.6 Å². The Bertz CT molecular complexity index is 1100. The third-order valence-electron chi connectivity index (χ3n) is 4.40. The lowest BCUT2D eigenvalue weighted by molar-refractivity contribution is -0.139. The Morgan fingerprint density at radius 2 is 1.73 bits per heavy atom. The molecule has 156 valence electrons. The van der Waals surface area contributed by atoms with Gasteiger partial charge in [0.05, 0.1) is 23.4 Å². The zero-order chi connectivity index (χ0) is 21.6. The summed E-state index contributed by atoms with van der Waals surface area (Å²) in [6.45, 7) is 1.61. The molecule has 2 amide bonds. The van der Waals surface area contributed by atoms with Crippen molar-refractivity contribution in [2.75, 3.05) is 6.54 Å². The molecule has 0 bridgehead atoms. The summed E-state index contributed by atoms with van der Waals surface area (Å²) < 4.78 is 31.5. The van der Waals surface area contributed by atoms with E-state index in [1.807, 2.05) is 6.92 Å². The van der Waals surface area contributed by atoms with Crippen molar-refractivity contribution in [2.45, 2.75) is 23.6 Å². The number of hydrogen-bond acceptors (Lipinski definition) is 6. The Kier molecular flexibility index (Phi) is 6.63. The second-order valence-corrected chi connectivity index (χ2v) is 8.71. The van der Waals surface area contributed by atoms with Gasteiger partial charge in [-0.3, -0.25) is 14.6 Å². The predicted octanol–water partition coefficient (Wildman–Crippen LogP) is 1.93. The van der Waals surface area contributed by atoms with Crippen LogP contribution in [0.4, 0.5) is 0 Å². The standard InChI is InChI=1S/C21H21N3O5S/c1-15-7-9-17(10-8-15)30(27,28)19(18-6-4-12-29-18)14-24-21(26)20(25)23-13-16-5-2-3-11-22-16/h2-12,19H,13-14H2,1H3,(H,23,25)(H,24,26)/t19-/m1/s1. The Morgan fingerprint density at radius 3 is 2.37 bits per heavy atom. The van der Waals surface area contributed by atoms with Gasteiger partial charge in [-0.1, -0.05) is 23.8 Å². The van der Waals surface area contributed by atoms with E-state index >= 15 is 0 Å². The number of sulfone groups is 1. The molecule has 2 N–H and O–H groups in total. The number of aryl methyl sites for hydroxylation is 1. The molecule has 0 radical (unpaired) electrons. The smallest absolute Gasteiger partial charge is 0.309 e. The molecule has 8 nitrogen and oxygen atoms in total. The van der Waals surface area contributed by atoms with Crippen LogP contribution in [0.2, 0.25) is 0 Å². The Morgan fingerprint density at radius 1 is 1.00 bits per heavy atom. The Labute approximate surface area is 174 Å². The van der Waals surface area contributed by atoms with E-state index in [0.717, 1.165) is 5.56 Å². The summed E-state index contributed by atoms with van der Waals surface area (Å²) in [6, 6.07) is 14.7. The highest BCUT2D eigenvalue weighted by Gasteiger charge is 2.32. The van der Waals surface area contributed by atoms with Crippen LogP contribution in [0.1, 0.15) is 22.3 Å². The number of carbonyl (C=O) groups excluding carboxylic acids is 2. The second-order valence-electron chi connectivity index (χ2n) is 6.58. The van der Waals surface area contributed by atoms with Crippen molar-refractivity contribution in [2.24, 2.45) is 0 Å². The van der Waals surface area contributed by atoms with Gasteiger partial charge in [-0.2, -0.15) is 0 Å². The molecular formula is C21H21N3O5S. The first kappa shape index (κ1) is 21.3. The molecule has 3 rings (SSSR count). The van der Waals surface area contributed by atoms with Gasteiger partial charge in [0.25, 0.3) is 0 Å². The maximum Gasteiger partial charge on any atom is 0.309 e. The molecule has 9 heteroatoms. The highest BCUT2D eigenvalue weighted by atomic mass is 32.2. The van der Waals surface area contributed by atoms with Gasteiger partial charge in [-0.25, -0.2) is 8.42 Å². The lowest BCUT2D eigenvalue weighted by atomic mass is 10.2. The van der Waals surface area contributed by atoms with Gasteiger partial charge in [0, 0.05) is 12.7 Å². The molecule has 3 aromatic rings. The molecule has 0 saturated carbocycles. The number of nitrogens with one attached hydrogen (secondary N) is 2. The van der Waals surface area contributed by atoms with Crippen molar-refractivity contribution >= 4 is 21.7 Å². The SMILES string of the molecule is Cc1ccc(S(=O)(=O)[C@H](CNC(=O)C(=O)NCc2ccccn2)c2ccco2)cc1. The third kappa shape index (κ3) is 5.12. The van der Waals surface area contributed by atoms with Crippen LogP contribution in [0.15, 0.2) is 76.4 Å². The number of amides is 2. The number of aromatic nitrogens is 1. The molecule has 0 aliphatic rings. The molecule has 0 saturated heterocycles. The molecule has 0 unspecified atom stereocenters. The number of furan rings is 1. The minimum absolute atomic E-state index is 0.0797. The van der Waals surface area contributed by atoms with Crippen molar-refractivity contribution in [3.05, 3.63) is 84.1 Å². The summed E-state index contributed by atoms with van der Waals surface area (Å²) in [7, 11) is -3.87. The molecule has 30 heavy (non-hydrogen) atoms. The second kappa shape index (κ2) is 9.36. The molecule has 2 aromatic heterocycles. The molecule has 0 aliphatic heterocycles. The fourth-order valence-corrected chi connectivity index (χ4v) is 4.34. The normalized spacial score (nSPS) is 12.2. The zero-order valence-electron chi connectivity index (χ0n) is 16.2. The van der Waals surface area contributed by atoms with Crippen LogP contribution in [0, 0.1) is 6.92 Å². The van der Waals surface area contributed by atoms with Crippen LogP contribution in [0.25, 0.3) is 0 Å². The van der Waals surface area contributed by atoms with Gasteiger partial charge in [0.2, 0.25) is 0 Å². The monoisotopic (exact) mass is 427 g/mol. The highest BCUT2D eigenvalue weighted by Crippen LogP contribution is 2.29. The molecule has 2 heterocycles. The van der Waals surface area contributed by atoms with Crippen molar-refractivity contribution < 1.29 is 22.4 Å². The zero-order valence-corrected chi connectivity index (χ0v) is 17.1. The van der Waals surface area contributed by atoms with Gasteiger partial charge in [0.15, 0.2) is 9.84 Å². The van der Waals surface area contributed by atoms with Crippen LogP contribution < -0.4 is 10.6 Å². The van der Waals surface area contributed by atoms with E-state index in [1.165, 1.54) is 24.5 Å². The van der Waals surface area contributed by atoms with Crippen molar-refractivity contribution in [3.63, 3.8) is 0 Å². The minimum Gasteiger partial charge on any atom is -0.468 e. The predicted molar refractivity (Wildman–Crippen MR) is 109 cm³/mol. The highest BCUT2D eigenvalue weighted by molar-refractivity contribution is 7.91. The summed E-state index contributed by atoms with van der Waals surface area (Å²) in [6.07, 6.45) is 2.93. The Hall–Kier alpha value is -3.46. The number of pyridine rings is 1. The number of benzene rings is 1. The summed E-state index contributed by atoms with van der Waals surface area (Å²) in [4.78, 5) is 28.4. The van der Waals surface area contributed by atoms with E-state index in [4.69, 9.17) is 4.42 Å². The lowest BCUT2D eigenvalue weighted by Crippen LogP contribution is -2.42. The first-order valence-corrected chi connectivity index (χ1v) is 10.7. The molecule has 1 aromatic carbocycles. The van der Waals surface area contributed by atoms with E-state index in [-0.39, 0.29) is 23.7 Å². The first-order chi connectivity index (χ1) is 14.4. The summed E-state index contributed by atoms with van der Waals surface area (Å²) in [5.74, 6) is -1.65. The topological polar surface area (TPSA) is 118 Å². The Balaban J connectivity index is 1.69. The van der Waals surface area contributed by atoms with Gasteiger partial charge in [0.1, 0.15) is 11.0 Å². The summed E-state index contributed by atoms with van der Waals surface area (Å²) in [5.41, 5.74) is 1.51. The maximum absolute atomic E-state index is 13.1. The third-order valence-corrected chi connectivity index (χ3v) is 6.47. The van der Waals surface area contributed by atoms with E-state index in [2.05, 4.69) is 15.6 Å². The summed E-state index contributed by atoms with van der Waals surface area (Å²) >= 11 is 0. The fourth-order valence-electron chi connectivity index (χ4n) is 2.75. The molecule has 0 fully saturated rings. The molecule has 0 aliphatic carbocycles. The van der Waals surface area contributed by atoms with Crippen LogP contribution in [-0.2, 0) is 26.0 Å². The van der Waals surface area contributed by atoms with Gasteiger partial charge in [-0.15, -0.1) is 0 Å². The lowest BCUT2D eigenvalue weighted by Gasteiger charge is -2.16. The van der Waals surface area contributed by atoms with Crippen LogP contribution in [-0.4, -0.2) is 31.8 Å². The van der Waals surface area contributed by atoms with Crippen LogP contribution in [0.3, 0.4) is 0 Å². The van der Waals surface area contributed by atoms with Crippen LogP contribution >= 0.6 is 0 Å². The maximum atomic E-state index is 13.1. The molecule has 1 atom stereocenters. The molecular weight excluding hydrogens is 406 g/mol. The van der Waals surface area contributed by atoms with Crippen LogP contribution in [0.5, 0.6) is 0 Å². The first-order valence-electron chi connectivity index (χ1n) is 9.18. The summed E-state index contributed by atoms with van der Waals surface area (Å²) in [5, 5.41) is 3.65. The largest absolute Gasteiger partial charge is 0.468 e. The minimum atomic E-state index is -3.87. The van der Waals surface area contributed by atoms with E-state index < -0.39 is 26.9 Å². The average molecular weight is 427 g/mol. The van der Waals surface area contributed by atoms with Crippen molar-refractivity contribution in [1.29, 1.82) is 0 Å². The van der Waals surface area contributed by atoms with Gasteiger partial charge < -0.3 is 15.1 Å². The average Bonchev–Trinajstić information content (AvgIpc) is 3.27. The number of nitrogens with zero attached hydrogens (tertiary/aromatic N) is 1. The van der Waals surface area contributed by atoms with E-state index in [0.29, 0.717) is 5.69 Å². The molecule has 0 spiro atoms. The van der Waals surface area contributed by atoms with Gasteiger partial charge >= 0.3 is 11.8 Å². The number of rotatable bonds is 7. The van der Waals surface area contributed by atoms with Crippen molar-refractivity contribution in [3.8, 4) is 0 Å². The quantitative estimate of drug-likeness (QED) is 0.556. The van der Waals surface area contributed by atoms with Gasteiger partial charge in [-0.05, 0) is 43.3 Å². The van der Waals surface area contributed by atoms with Crippen molar-refractivity contribution in [1.82, 2.24) is 15.6 Å². The number of hydrogen-bond donors (Lipinski definition) is 2.